The lowest BCUT2D eigenvalue weighted by Crippen LogP contribution is -2.25. The van der Waals surface area contributed by atoms with Gasteiger partial charge in [-0.3, -0.25) is 0 Å². The van der Waals surface area contributed by atoms with E-state index in [0.717, 1.165) is 18.0 Å². The van der Waals surface area contributed by atoms with Crippen LogP contribution in [0.5, 0.6) is 0 Å². The first-order chi connectivity index (χ1) is 7.77. The van der Waals surface area contributed by atoms with Crippen LogP contribution in [0.4, 0.5) is 5.82 Å². The smallest absolute Gasteiger partial charge is 0.169 e. The third-order valence-corrected chi connectivity index (χ3v) is 3.86. The predicted octanol–water partition coefficient (Wildman–Crippen LogP) is 2.56. The van der Waals surface area contributed by atoms with Gasteiger partial charge in [0.05, 0.1) is 11.7 Å². The monoisotopic (exact) mass is 222 g/mol. The number of nitrogens with two attached hydrogens (primary N) is 1. The number of aromatic nitrogens is 3. The molecule has 2 N–H and O–H groups in total. The summed E-state index contributed by atoms with van der Waals surface area (Å²) in [6.07, 6.45) is 7.38. The molecule has 1 aliphatic carbocycles. The fraction of sp³-hybridized carbons (Fsp3) is 0.833. The molecule has 4 nitrogen and oxygen atoms in total. The molecule has 0 spiro atoms. The van der Waals surface area contributed by atoms with Crippen molar-refractivity contribution in [2.75, 3.05) is 5.73 Å². The average Bonchev–Trinajstić information content (AvgIpc) is 2.70. The quantitative estimate of drug-likeness (QED) is 0.855. The third-order valence-electron chi connectivity index (χ3n) is 3.86. The minimum atomic E-state index is 0.526. The molecule has 0 radical (unpaired) electrons. The zero-order chi connectivity index (χ0) is 11.5. The minimum absolute atomic E-state index is 0.526. The summed E-state index contributed by atoms with van der Waals surface area (Å²) in [6.45, 7) is 4.39. The molecule has 2 atom stereocenters. The Balaban J connectivity index is 2.26. The van der Waals surface area contributed by atoms with Gasteiger partial charge in [-0.2, -0.15) is 0 Å². The maximum Gasteiger partial charge on any atom is 0.169 e. The lowest BCUT2D eigenvalue weighted by molar-refractivity contribution is 0.211. The highest BCUT2D eigenvalue weighted by Gasteiger charge is 2.28. The lowest BCUT2D eigenvalue weighted by Gasteiger charge is -2.31. The summed E-state index contributed by atoms with van der Waals surface area (Å²) >= 11 is 0. The van der Waals surface area contributed by atoms with Crippen molar-refractivity contribution in [1.82, 2.24) is 15.0 Å². The van der Waals surface area contributed by atoms with Gasteiger partial charge in [-0.25, -0.2) is 4.68 Å². The van der Waals surface area contributed by atoms with Gasteiger partial charge in [0.25, 0.3) is 0 Å². The Kier molecular flexibility index (Phi) is 3.46. The van der Waals surface area contributed by atoms with E-state index in [-0.39, 0.29) is 0 Å². The fourth-order valence-electron chi connectivity index (χ4n) is 2.92. The standard InChI is InChI=1S/C12H22N4/c1-3-9-7-5-6-8-11(9)16-10(4-2)12(13)14-15-16/h9,11H,3-8,13H2,1-2H3. The highest BCUT2D eigenvalue weighted by atomic mass is 15.5. The molecule has 2 rings (SSSR count). The van der Waals surface area contributed by atoms with Gasteiger partial charge in [-0.1, -0.05) is 38.3 Å². The molecular formula is C12H22N4. The van der Waals surface area contributed by atoms with Crippen molar-refractivity contribution in [3.8, 4) is 0 Å². The van der Waals surface area contributed by atoms with Crippen LogP contribution in [0.15, 0.2) is 0 Å². The largest absolute Gasteiger partial charge is 0.381 e. The molecule has 0 bridgehead atoms. The first-order valence-electron chi connectivity index (χ1n) is 6.47. The van der Waals surface area contributed by atoms with Crippen LogP contribution in [-0.4, -0.2) is 15.0 Å². The minimum Gasteiger partial charge on any atom is -0.381 e. The van der Waals surface area contributed by atoms with Crippen LogP contribution in [-0.2, 0) is 6.42 Å². The predicted molar refractivity (Wildman–Crippen MR) is 65.1 cm³/mol. The van der Waals surface area contributed by atoms with Gasteiger partial charge >= 0.3 is 0 Å². The van der Waals surface area contributed by atoms with Gasteiger partial charge in [0, 0.05) is 0 Å². The molecule has 16 heavy (non-hydrogen) atoms. The van der Waals surface area contributed by atoms with Crippen molar-refractivity contribution >= 4 is 5.82 Å². The van der Waals surface area contributed by atoms with Crippen LogP contribution in [0.1, 0.15) is 57.7 Å². The van der Waals surface area contributed by atoms with Crippen molar-refractivity contribution in [2.24, 2.45) is 5.92 Å². The van der Waals surface area contributed by atoms with Crippen molar-refractivity contribution in [3.05, 3.63) is 5.69 Å². The lowest BCUT2D eigenvalue weighted by atomic mass is 9.83. The van der Waals surface area contributed by atoms with Crippen LogP contribution < -0.4 is 5.73 Å². The number of hydrogen-bond donors (Lipinski definition) is 1. The Labute approximate surface area is 97.2 Å². The van der Waals surface area contributed by atoms with E-state index in [4.69, 9.17) is 5.73 Å². The maximum atomic E-state index is 5.85. The number of hydrogen-bond acceptors (Lipinski definition) is 3. The first kappa shape index (κ1) is 11.4. The molecule has 1 heterocycles. The number of rotatable bonds is 3. The van der Waals surface area contributed by atoms with E-state index in [0.29, 0.717) is 11.9 Å². The molecule has 2 unspecified atom stereocenters. The second-order valence-corrected chi connectivity index (χ2v) is 4.74. The van der Waals surface area contributed by atoms with Crippen molar-refractivity contribution in [2.45, 2.75) is 58.4 Å². The van der Waals surface area contributed by atoms with Crippen molar-refractivity contribution in [1.29, 1.82) is 0 Å². The zero-order valence-corrected chi connectivity index (χ0v) is 10.3. The van der Waals surface area contributed by atoms with Crippen LogP contribution in [0, 0.1) is 5.92 Å². The summed E-state index contributed by atoms with van der Waals surface area (Å²) < 4.78 is 2.10. The summed E-state index contributed by atoms with van der Waals surface area (Å²) in [5, 5.41) is 8.27. The van der Waals surface area contributed by atoms with Gasteiger partial charge in [-0.15, -0.1) is 5.10 Å². The summed E-state index contributed by atoms with van der Waals surface area (Å²) in [5.74, 6) is 1.36. The van der Waals surface area contributed by atoms with E-state index in [2.05, 4.69) is 28.8 Å². The van der Waals surface area contributed by atoms with Gasteiger partial charge in [0.1, 0.15) is 0 Å². The number of nitrogens with zero attached hydrogens (tertiary/aromatic N) is 3. The van der Waals surface area contributed by atoms with E-state index in [1.165, 1.54) is 32.1 Å². The molecule has 1 aromatic rings. The summed E-state index contributed by atoms with van der Waals surface area (Å²) in [4.78, 5) is 0. The summed E-state index contributed by atoms with van der Waals surface area (Å²) in [5.41, 5.74) is 6.97. The van der Waals surface area contributed by atoms with Crippen molar-refractivity contribution < 1.29 is 0 Å². The molecule has 1 aromatic heterocycles. The van der Waals surface area contributed by atoms with Gasteiger partial charge in [0.15, 0.2) is 5.82 Å². The summed E-state index contributed by atoms with van der Waals surface area (Å²) in [7, 11) is 0. The van der Waals surface area contributed by atoms with Crippen LogP contribution >= 0.6 is 0 Å². The van der Waals surface area contributed by atoms with Gasteiger partial charge < -0.3 is 5.73 Å². The van der Waals surface area contributed by atoms with Crippen LogP contribution in [0.3, 0.4) is 0 Å². The molecule has 0 amide bonds. The van der Waals surface area contributed by atoms with Gasteiger partial charge in [-0.05, 0) is 25.2 Å². The van der Waals surface area contributed by atoms with E-state index in [1.807, 2.05) is 0 Å². The Hall–Kier alpha value is -1.06. The molecule has 0 saturated heterocycles. The third kappa shape index (κ3) is 1.93. The Morgan fingerprint density at radius 3 is 2.75 bits per heavy atom. The average molecular weight is 222 g/mol. The van der Waals surface area contributed by atoms with E-state index in [9.17, 15) is 0 Å². The molecule has 1 aliphatic rings. The molecule has 1 fully saturated rings. The zero-order valence-electron chi connectivity index (χ0n) is 10.3. The van der Waals surface area contributed by atoms with Crippen molar-refractivity contribution in [3.63, 3.8) is 0 Å². The second kappa shape index (κ2) is 4.85. The van der Waals surface area contributed by atoms with Crippen LogP contribution in [0.25, 0.3) is 0 Å². The first-order valence-corrected chi connectivity index (χ1v) is 6.47. The molecule has 4 heteroatoms. The highest BCUT2D eigenvalue weighted by Crippen LogP contribution is 2.36. The topological polar surface area (TPSA) is 56.7 Å². The second-order valence-electron chi connectivity index (χ2n) is 4.74. The highest BCUT2D eigenvalue weighted by molar-refractivity contribution is 5.33. The van der Waals surface area contributed by atoms with Crippen LogP contribution in [0.2, 0.25) is 0 Å². The number of anilines is 1. The fourth-order valence-corrected chi connectivity index (χ4v) is 2.92. The summed E-state index contributed by atoms with van der Waals surface area (Å²) in [6, 6.07) is 0.526. The van der Waals surface area contributed by atoms with E-state index in [1.54, 1.807) is 0 Å². The Bertz CT molecular complexity index is 345. The molecule has 90 valence electrons. The maximum absolute atomic E-state index is 5.85. The Morgan fingerprint density at radius 1 is 1.31 bits per heavy atom. The van der Waals surface area contributed by atoms with Gasteiger partial charge in [0.2, 0.25) is 0 Å². The van der Waals surface area contributed by atoms with E-state index >= 15 is 0 Å². The number of nitrogen functional groups attached to an aromatic ring is 1. The van der Waals surface area contributed by atoms with E-state index < -0.39 is 0 Å². The molecular weight excluding hydrogens is 200 g/mol. The molecule has 0 aliphatic heterocycles. The normalized spacial score (nSPS) is 25.9. The Morgan fingerprint density at radius 2 is 2.06 bits per heavy atom. The SMILES string of the molecule is CCc1c(N)nnn1C1CCCCC1CC. The molecule has 1 saturated carbocycles. The molecule has 0 aromatic carbocycles.